The average molecular weight is 391 g/mol. The topological polar surface area (TPSA) is 66.2 Å². The molecule has 1 aromatic heterocycles. The first-order valence-electron chi connectivity index (χ1n) is 8.91. The number of aromatic nitrogens is 1. The molecule has 0 aliphatic carbocycles. The summed E-state index contributed by atoms with van der Waals surface area (Å²) in [7, 11) is 1.63. The van der Waals surface area contributed by atoms with Gasteiger partial charge in [0.2, 0.25) is 0 Å². The molecule has 142 valence electrons. The summed E-state index contributed by atoms with van der Waals surface area (Å²) in [6.07, 6.45) is 0. The first kappa shape index (κ1) is 19.6. The van der Waals surface area contributed by atoms with Crippen molar-refractivity contribution in [3.8, 4) is 22.4 Å². The van der Waals surface area contributed by atoms with Crippen molar-refractivity contribution in [1.82, 2.24) is 9.88 Å². The van der Waals surface area contributed by atoms with Gasteiger partial charge < -0.3 is 9.64 Å². The molecule has 6 heteroatoms. The minimum Gasteiger partial charge on any atom is -0.497 e. The molecule has 0 aliphatic rings. The van der Waals surface area contributed by atoms with Gasteiger partial charge in [-0.25, -0.2) is 4.98 Å². The zero-order valence-electron chi connectivity index (χ0n) is 16.0. The van der Waals surface area contributed by atoms with Crippen LogP contribution in [0.15, 0.2) is 53.9 Å². The number of thiazole rings is 1. The summed E-state index contributed by atoms with van der Waals surface area (Å²) in [6.45, 7) is 4.44. The number of hydrogen-bond donors (Lipinski definition) is 0. The highest BCUT2D eigenvalue weighted by atomic mass is 32.1. The first-order valence-corrected chi connectivity index (χ1v) is 9.79. The van der Waals surface area contributed by atoms with Crippen molar-refractivity contribution in [2.24, 2.45) is 0 Å². The van der Waals surface area contributed by atoms with Crippen LogP contribution in [0.25, 0.3) is 10.6 Å². The molecule has 5 nitrogen and oxygen atoms in total. The highest BCUT2D eigenvalue weighted by molar-refractivity contribution is 7.13. The molecule has 1 heterocycles. The van der Waals surface area contributed by atoms with Crippen LogP contribution in [0.4, 0.5) is 0 Å². The molecule has 0 spiro atoms. The van der Waals surface area contributed by atoms with Crippen LogP contribution in [0.5, 0.6) is 5.75 Å². The van der Waals surface area contributed by atoms with Crippen LogP contribution < -0.4 is 4.74 Å². The van der Waals surface area contributed by atoms with E-state index in [0.717, 1.165) is 21.9 Å². The van der Waals surface area contributed by atoms with Gasteiger partial charge in [-0.15, -0.1) is 11.3 Å². The largest absolute Gasteiger partial charge is 0.497 e. The number of benzene rings is 2. The fourth-order valence-corrected chi connectivity index (χ4v) is 3.56. The number of carbonyl (C=O) groups is 1. The minimum atomic E-state index is -0.102. The highest BCUT2D eigenvalue weighted by Crippen LogP contribution is 2.26. The fraction of sp³-hybridized carbons (Fsp3) is 0.227. The summed E-state index contributed by atoms with van der Waals surface area (Å²) in [5.74, 6) is 0.681. The molecule has 0 unspecified atom stereocenters. The number of methoxy groups -OCH3 is 1. The summed E-state index contributed by atoms with van der Waals surface area (Å²) in [5.41, 5.74) is 2.98. The summed E-state index contributed by atoms with van der Waals surface area (Å²) in [6, 6.07) is 17.0. The van der Waals surface area contributed by atoms with E-state index in [0.29, 0.717) is 17.8 Å². The number of nitrogens with zero attached hydrogens (tertiary/aromatic N) is 3. The Kier molecular flexibility index (Phi) is 6.07. The highest BCUT2D eigenvalue weighted by Gasteiger charge is 2.22. The quantitative estimate of drug-likeness (QED) is 0.609. The van der Waals surface area contributed by atoms with Crippen LogP contribution in [0, 0.1) is 11.3 Å². The zero-order chi connectivity index (χ0) is 20.1. The van der Waals surface area contributed by atoms with Crippen molar-refractivity contribution in [1.29, 1.82) is 5.26 Å². The lowest BCUT2D eigenvalue weighted by atomic mass is 10.1. The van der Waals surface area contributed by atoms with Crippen LogP contribution >= 0.6 is 11.3 Å². The van der Waals surface area contributed by atoms with Gasteiger partial charge in [-0.05, 0) is 55.8 Å². The number of rotatable bonds is 6. The molecule has 3 rings (SSSR count). The van der Waals surface area contributed by atoms with Gasteiger partial charge in [-0.3, -0.25) is 4.79 Å². The zero-order valence-corrected chi connectivity index (χ0v) is 16.9. The Balaban J connectivity index is 1.79. The van der Waals surface area contributed by atoms with E-state index in [1.54, 1.807) is 29.5 Å². The Morgan fingerprint density at radius 1 is 1.18 bits per heavy atom. The molecule has 28 heavy (non-hydrogen) atoms. The van der Waals surface area contributed by atoms with Gasteiger partial charge >= 0.3 is 0 Å². The van der Waals surface area contributed by atoms with Gasteiger partial charge in [0.05, 0.1) is 18.7 Å². The molecule has 0 N–H and O–H groups in total. The van der Waals surface area contributed by atoms with Gasteiger partial charge in [0.15, 0.2) is 0 Å². The third-order valence-corrected chi connectivity index (χ3v) is 5.27. The van der Waals surface area contributed by atoms with E-state index < -0.39 is 0 Å². The summed E-state index contributed by atoms with van der Waals surface area (Å²) >= 11 is 1.45. The molecule has 0 saturated heterocycles. The van der Waals surface area contributed by atoms with Gasteiger partial charge in [0, 0.05) is 23.5 Å². The Morgan fingerprint density at radius 3 is 2.43 bits per heavy atom. The summed E-state index contributed by atoms with van der Waals surface area (Å²) < 4.78 is 5.18. The normalized spacial score (nSPS) is 10.5. The maximum absolute atomic E-state index is 13.1. The lowest BCUT2D eigenvalue weighted by molar-refractivity contribution is 0.0685. The lowest BCUT2D eigenvalue weighted by Crippen LogP contribution is -2.36. The molecule has 2 aromatic carbocycles. The SMILES string of the molecule is COc1ccc(-c2nc(C(=O)N(Cc3ccc(C#N)cc3)C(C)C)cs2)cc1. The van der Waals surface area contributed by atoms with E-state index in [1.165, 1.54) is 11.3 Å². The first-order chi connectivity index (χ1) is 13.5. The predicted molar refractivity (Wildman–Crippen MR) is 110 cm³/mol. The third kappa shape index (κ3) is 4.38. The van der Waals surface area contributed by atoms with E-state index in [2.05, 4.69) is 11.1 Å². The van der Waals surface area contributed by atoms with Crippen LogP contribution in [-0.2, 0) is 6.54 Å². The number of ether oxygens (including phenoxy) is 1. The second-order valence-corrected chi connectivity index (χ2v) is 7.46. The maximum atomic E-state index is 13.1. The molecule has 0 atom stereocenters. The lowest BCUT2D eigenvalue weighted by Gasteiger charge is -2.26. The van der Waals surface area contributed by atoms with Crippen LogP contribution in [0.1, 0.15) is 35.5 Å². The van der Waals surface area contributed by atoms with Crippen molar-refractivity contribution < 1.29 is 9.53 Å². The Labute approximate surface area is 168 Å². The van der Waals surface area contributed by atoms with E-state index in [1.807, 2.05) is 50.2 Å². The van der Waals surface area contributed by atoms with Crippen LogP contribution in [0.3, 0.4) is 0 Å². The second-order valence-electron chi connectivity index (χ2n) is 6.60. The molecule has 0 fully saturated rings. The van der Waals surface area contributed by atoms with Crippen LogP contribution in [-0.4, -0.2) is 28.9 Å². The Hall–Kier alpha value is -3.17. The molecule has 3 aromatic rings. The number of carbonyl (C=O) groups excluding carboxylic acids is 1. The number of nitriles is 1. The summed E-state index contributed by atoms with van der Waals surface area (Å²) in [5, 5.41) is 11.5. The van der Waals surface area contributed by atoms with Crippen molar-refractivity contribution in [2.45, 2.75) is 26.4 Å². The molecular formula is C22H21N3O2S. The molecule has 1 amide bonds. The standard InChI is InChI=1S/C22H21N3O2S/c1-15(2)25(13-17-6-4-16(12-23)5-7-17)22(26)20-14-28-21(24-20)18-8-10-19(27-3)11-9-18/h4-11,14-15H,13H2,1-3H3. The minimum absolute atomic E-state index is 0.0225. The van der Waals surface area contributed by atoms with Gasteiger partial charge in [-0.2, -0.15) is 5.26 Å². The average Bonchev–Trinajstić information content (AvgIpc) is 3.22. The molecule has 0 saturated carbocycles. The van der Waals surface area contributed by atoms with Crippen molar-refractivity contribution >= 4 is 17.2 Å². The van der Waals surface area contributed by atoms with Crippen molar-refractivity contribution in [2.75, 3.05) is 7.11 Å². The number of hydrogen-bond acceptors (Lipinski definition) is 5. The van der Waals surface area contributed by atoms with Crippen molar-refractivity contribution in [3.05, 3.63) is 70.7 Å². The van der Waals surface area contributed by atoms with Crippen molar-refractivity contribution in [3.63, 3.8) is 0 Å². The van der Waals surface area contributed by atoms with E-state index in [4.69, 9.17) is 10.00 Å². The Morgan fingerprint density at radius 2 is 1.86 bits per heavy atom. The van der Waals surface area contributed by atoms with Gasteiger partial charge in [0.1, 0.15) is 16.5 Å². The number of amides is 1. The van der Waals surface area contributed by atoms with Gasteiger partial charge in [-0.1, -0.05) is 12.1 Å². The monoisotopic (exact) mass is 391 g/mol. The molecule has 0 bridgehead atoms. The molecular weight excluding hydrogens is 370 g/mol. The van der Waals surface area contributed by atoms with Gasteiger partial charge in [0.25, 0.3) is 5.91 Å². The molecule has 0 radical (unpaired) electrons. The predicted octanol–water partition coefficient (Wildman–Crippen LogP) is 4.74. The molecule has 0 aliphatic heterocycles. The smallest absolute Gasteiger partial charge is 0.273 e. The van der Waals surface area contributed by atoms with E-state index >= 15 is 0 Å². The fourth-order valence-electron chi connectivity index (χ4n) is 2.76. The Bertz CT molecular complexity index is 986. The maximum Gasteiger partial charge on any atom is 0.273 e. The van der Waals surface area contributed by atoms with E-state index in [-0.39, 0.29) is 11.9 Å². The van der Waals surface area contributed by atoms with Crippen LogP contribution in [0.2, 0.25) is 0 Å². The third-order valence-electron chi connectivity index (χ3n) is 4.38. The van der Waals surface area contributed by atoms with E-state index in [9.17, 15) is 4.79 Å². The summed E-state index contributed by atoms with van der Waals surface area (Å²) in [4.78, 5) is 19.4. The second kappa shape index (κ2) is 8.68.